The Hall–Kier alpha value is -1.38. The topological polar surface area (TPSA) is 50.7 Å². The maximum absolute atomic E-state index is 5.91. The molecule has 17 heavy (non-hydrogen) atoms. The molecule has 0 unspecified atom stereocenters. The maximum atomic E-state index is 5.91. The van der Waals surface area contributed by atoms with Gasteiger partial charge in [-0.25, -0.2) is 4.99 Å². The highest BCUT2D eigenvalue weighted by Crippen LogP contribution is 2.06. The average Bonchev–Trinajstić information content (AvgIpc) is 2.23. The molecule has 0 amide bonds. The predicted octanol–water partition coefficient (Wildman–Crippen LogP) is 3.68. The van der Waals surface area contributed by atoms with Gasteiger partial charge in [0.1, 0.15) is 11.5 Å². The van der Waals surface area contributed by atoms with E-state index in [1.807, 2.05) is 26.1 Å². The number of nitrogens with two attached hydrogens (primary N) is 1. The highest BCUT2D eigenvalue weighted by Gasteiger charge is 2.02. The molecule has 0 fully saturated rings. The quantitative estimate of drug-likeness (QED) is 0.554. The summed E-state index contributed by atoms with van der Waals surface area (Å²) in [5.41, 5.74) is 7.77. The highest BCUT2D eigenvalue weighted by molar-refractivity contribution is 5.98. The number of unbranched alkanes of at least 4 members (excludes halogenated alkanes) is 1. The van der Waals surface area contributed by atoms with Gasteiger partial charge in [-0.2, -0.15) is 0 Å². The molecule has 3 heteroatoms. The number of nitrogens with zero attached hydrogens (tertiary/aromatic N) is 2. The molecule has 0 aliphatic rings. The molecule has 0 aromatic heterocycles. The number of allylic oxidation sites excluding steroid dienone is 2. The van der Waals surface area contributed by atoms with Gasteiger partial charge in [-0.1, -0.05) is 33.3 Å². The van der Waals surface area contributed by atoms with Gasteiger partial charge in [-0.3, -0.25) is 4.99 Å². The molecule has 0 aromatic carbocycles. The molecule has 0 aliphatic heterocycles. The lowest BCUT2D eigenvalue weighted by Gasteiger charge is -2.03. The van der Waals surface area contributed by atoms with Gasteiger partial charge in [0, 0.05) is 12.4 Å². The van der Waals surface area contributed by atoms with Gasteiger partial charge in [-0.15, -0.1) is 0 Å². The second-order valence-electron chi connectivity index (χ2n) is 4.56. The number of hydrogen-bond acceptors (Lipinski definition) is 2. The smallest absolute Gasteiger partial charge is 0.149 e. The largest absolute Gasteiger partial charge is 0.382 e. The van der Waals surface area contributed by atoms with Crippen LogP contribution in [0.15, 0.2) is 33.5 Å². The molecule has 0 rings (SSSR count). The normalized spacial score (nSPS) is 12.9. The standard InChI is InChI=1S/C14H25N3/c1-6-7-8-9-16-14(15)13(12(4)5)17-10-11(2)3/h8-11H,6-7H2,1-5H3,(H2,15,16)/b9-8+,17-10?. The van der Waals surface area contributed by atoms with E-state index in [1.54, 1.807) is 6.20 Å². The van der Waals surface area contributed by atoms with Gasteiger partial charge in [0.25, 0.3) is 0 Å². The molecule has 0 atom stereocenters. The molecule has 0 aliphatic carbocycles. The molecule has 0 saturated carbocycles. The fraction of sp³-hybridized carbons (Fsp3) is 0.571. The van der Waals surface area contributed by atoms with Crippen molar-refractivity contribution >= 4 is 12.1 Å². The van der Waals surface area contributed by atoms with Gasteiger partial charge in [-0.05, 0) is 31.8 Å². The first-order valence-corrected chi connectivity index (χ1v) is 6.19. The molecule has 96 valence electrons. The van der Waals surface area contributed by atoms with Crippen LogP contribution in [0.25, 0.3) is 0 Å². The summed E-state index contributed by atoms with van der Waals surface area (Å²) >= 11 is 0. The molecule has 2 N–H and O–H groups in total. The Kier molecular flexibility index (Phi) is 8.03. The van der Waals surface area contributed by atoms with Crippen LogP contribution in [0.1, 0.15) is 47.5 Å². The van der Waals surface area contributed by atoms with Crippen LogP contribution in [0, 0.1) is 5.92 Å². The molecule has 0 saturated heterocycles. The van der Waals surface area contributed by atoms with Crippen molar-refractivity contribution in [1.82, 2.24) is 0 Å². The Morgan fingerprint density at radius 3 is 2.41 bits per heavy atom. The van der Waals surface area contributed by atoms with Crippen LogP contribution in [-0.2, 0) is 0 Å². The van der Waals surface area contributed by atoms with Crippen LogP contribution in [-0.4, -0.2) is 12.1 Å². The van der Waals surface area contributed by atoms with Crippen LogP contribution in [0.2, 0.25) is 0 Å². The zero-order chi connectivity index (χ0) is 13.3. The van der Waals surface area contributed by atoms with E-state index >= 15 is 0 Å². The van der Waals surface area contributed by atoms with E-state index in [0.29, 0.717) is 11.8 Å². The highest BCUT2D eigenvalue weighted by atomic mass is 14.9. The van der Waals surface area contributed by atoms with E-state index in [9.17, 15) is 0 Å². The summed E-state index contributed by atoms with van der Waals surface area (Å²) in [6.07, 6.45) is 7.80. The third-order valence-corrected chi connectivity index (χ3v) is 1.99. The predicted molar refractivity (Wildman–Crippen MR) is 77.4 cm³/mol. The second-order valence-corrected chi connectivity index (χ2v) is 4.56. The van der Waals surface area contributed by atoms with Crippen molar-refractivity contribution in [3.63, 3.8) is 0 Å². The van der Waals surface area contributed by atoms with Crippen LogP contribution < -0.4 is 5.73 Å². The van der Waals surface area contributed by atoms with E-state index in [2.05, 4.69) is 30.8 Å². The number of hydrogen-bond donors (Lipinski definition) is 1. The van der Waals surface area contributed by atoms with Crippen molar-refractivity contribution in [3.05, 3.63) is 23.5 Å². The lowest BCUT2D eigenvalue weighted by molar-refractivity contribution is 0.905. The van der Waals surface area contributed by atoms with Crippen molar-refractivity contribution in [2.24, 2.45) is 21.6 Å². The first kappa shape index (κ1) is 15.6. The third kappa shape index (κ3) is 7.50. The number of aliphatic imine (C=N–C) groups is 2. The molecule has 0 aromatic rings. The minimum absolute atomic E-state index is 0.410. The van der Waals surface area contributed by atoms with Gasteiger partial charge in [0.2, 0.25) is 0 Å². The summed E-state index contributed by atoms with van der Waals surface area (Å²) in [7, 11) is 0. The van der Waals surface area contributed by atoms with Gasteiger partial charge < -0.3 is 5.73 Å². The summed E-state index contributed by atoms with van der Waals surface area (Å²) in [5, 5.41) is 0. The van der Waals surface area contributed by atoms with Crippen LogP contribution >= 0.6 is 0 Å². The first-order chi connectivity index (χ1) is 7.99. The van der Waals surface area contributed by atoms with Crippen molar-refractivity contribution < 1.29 is 0 Å². The van der Waals surface area contributed by atoms with Gasteiger partial charge in [0.05, 0.1) is 0 Å². The summed E-state index contributed by atoms with van der Waals surface area (Å²) < 4.78 is 0. The summed E-state index contributed by atoms with van der Waals surface area (Å²) in [4.78, 5) is 8.59. The Bertz CT molecular complexity index is 329. The maximum Gasteiger partial charge on any atom is 0.149 e. The Morgan fingerprint density at radius 2 is 1.94 bits per heavy atom. The molecule has 0 bridgehead atoms. The molecule has 3 nitrogen and oxygen atoms in total. The Balaban J connectivity index is 4.80. The molecular formula is C14H25N3. The van der Waals surface area contributed by atoms with E-state index in [-0.39, 0.29) is 0 Å². The zero-order valence-electron chi connectivity index (χ0n) is 11.7. The van der Waals surface area contributed by atoms with E-state index < -0.39 is 0 Å². The SMILES string of the molecule is CCC/C=C/N=C(N)C(N=CC(C)C)=C(C)C. The molecule has 0 spiro atoms. The number of rotatable bonds is 6. The van der Waals surface area contributed by atoms with E-state index in [0.717, 1.165) is 24.1 Å². The fourth-order valence-electron chi connectivity index (χ4n) is 1.11. The summed E-state index contributed by atoms with van der Waals surface area (Å²) in [6.45, 7) is 10.3. The Morgan fingerprint density at radius 1 is 1.29 bits per heavy atom. The zero-order valence-corrected chi connectivity index (χ0v) is 11.7. The second kappa shape index (κ2) is 8.74. The lowest BCUT2D eigenvalue weighted by atomic mass is 10.2. The van der Waals surface area contributed by atoms with Gasteiger partial charge in [0.15, 0.2) is 0 Å². The lowest BCUT2D eigenvalue weighted by Crippen LogP contribution is -2.14. The van der Waals surface area contributed by atoms with E-state index in [4.69, 9.17) is 5.73 Å². The summed E-state index contributed by atoms with van der Waals surface area (Å²) in [5.74, 6) is 0.891. The average molecular weight is 235 g/mol. The molecule has 0 heterocycles. The van der Waals surface area contributed by atoms with Crippen molar-refractivity contribution in [2.45, 2.75) is 47.5 Å². The van der Waals surface area contributed by atoms with E-state index in [1.165, 1.54) is 0 Å². The van der Waals surface area contributed by atoms with Crippen LogP contribution in [0.4, 0.5) is 0 Å². The van der Waals surface area contributed by atoms with Gasteiger partial charge >= 0.3 is 0 Å². The van der Waals surface area contributed by atoms with Crippen molar-refractivity contribution in [2.75, 3.05) is 0 Å². The monoisotopic (exact) mass is 235 g/mol. The minimum Gasteiger partial charge on any atom is -0.382 e. The first-order valence-electron chi connectivity index (χ1n) is 6.19. The van der Waals surface area contributed by atoms with Crippen LogP contribution in [0.3, 0.4) is 0 Å². The number of amidine groups is 1. The molecule has 0 radical (unpaired) electrons. The minimum atomic E-state index is 0.410. The fourth-order valence-corrected chi connectivity index (χ4v) is 1.11. The van der Waals surface area contributed by atoms with Crippen molar-refractivity contribution in [1.29, 1.82) is 0 Å². The molecular weight excluding hydrogens is 210 g/mol. The Labute approximate surface area is 105 Å². The van der Waals surface area contributed by atoms with Crippen molar-refractivity contribution in [3.8, 4) is 0 Å². The third-order valence-electron chi connectivity index (χ3n) is 1.99. The summed E-state index contributed by atoms with van der Waals surface area (Å²) in [6, 6.07) is 0. The van der Waals surface area contributed by atoms with Crippen LogP contribution in [0.5, 0.6) is 0 Å².